The smallest absolute Gasteiger partial charge is 0.273 e. The van der Waals surface area contributed by atoms with Crippen LogP contribution in [-0.4, -0.2) is 55.9 Å². The highest BCUT2D eigenvalue weighted by Gasteiger charge is 2.24. The van der Waals surface area contributed by atoms with E-state index in [1.165, 1.54) is 5.56 Å². The van der Waals surface area contributed by atoms with Crippen molar-refractivity contribution in [2.75, 3.05) is 40.0 Å². The van der Waals surface area contributed by atoms with Gasteiger partial charge >= 0.3 is 0 Å². The monoisotopic (exact) mass is 435 g/mol. The molecule has 0 saturated carbocycles. The molecular weight excluding hydrogens is 406 g/mol. The van der Waals surface area contributed by atoms with Gasteiger partial charge in [-0.2, -0.15) is 0 Å². The van der Waals surface area contributed by atoms with Crippen LogP contribution in [0.2, 0.25) is 0 Å². The second kappa shape index (κ2) is 9.97. The van der Waals surface area contributed by atoms with Crippen LogP contribution < -0.4 is 10.1 Å². The number of methoxy groups -OCH3 is 1. The number of hydrogen-bond donors (Lipinski definition) is 1. The number of benzene rings is 2. The molecule has 0 radical (unpaired) electrons. The molecular formula is C25H29N3O4. The molecule has 1 amide bonds. The third-order valence-corrected chi connectivity index (χ3v) is 5.98. The van der Waals surface area contributed by atoms with Crippen molar-refractivity contribution < 1.29 is 18.8 Å². The number of carbonyl (C=O) groups excluding carboxylic acids is 1. The molecule has 7 nitrogen and oxygen atoms in total. The molecule has 2 heterocycles. The summed E-state index contributed by atoms with van der Waals surface area (Å²) in [6.07, 6.45) is 0. The highest BCUT2D eigenvalue weighted by atomic mass is 16.5. The topological polar surface area (TPSA) is 76.8 Å². The van der Waals surface area contributed by atoms with Gasteiger partial charge in [0.2, 0.25) is 0 Å². The fraction of sp³-hybridized carbons (Fsp3) is 0.360. The second-order valence-corrected chi connectivity index (χ2v) is 8.02. The fourth-order valence-corrected chi connectivity index (χ4v) is 3.87. The van der Waals surface area contributed by atoms with Crippen LogP contribution in [-0.2, 0) is 4.74 Å². The van der Waals surface area contributed by atoms with Crippen LogP contribution in [0.4, 0.5) is 0 Å². The molecule has 1 N–H and O–H groups in total. The van der Waals surface area contributed by atoms with Gasteiger partial charge in [-0.05, 0) is 48.7 Å². The molecule has 1 atom stereocenters. The Labute approximate surface area is 188 Å². The number of nitrogens with zero attached hydrogens (tertiary/aromatic N) is 2. The van der Waals surface area contributed by atoms with Crippen molar-refractivity contribution >= 4 is 5.91 Å². The number of aryl methyl sites for hydroxylation is 2. The SMILES string of the molecule is COc1ccc(C(CNC(=O)c2cc(-c3ccc(C)c(C)c3)on2)N2CCOCC2)cc1. The van der Waals surface area contributed by atoms with Gasteiger partial charge in [-0.15, -0.1) is 0 Å². The molecule has 3 aromatic rings. The Balaban J connectivity index is 1.47. The largest absolute Gasteiger partial charge is 0.497 e. The Morgan fingerprint density at radius 1 is 1.09 bits per heavy atom. The summed E-state index contributed by atoms with van der Waals surface area (Å²) < 4.78 is 16.2. The lowest BCUT2D eigenvalue weighted by atomic mass is 10.0. The number of ether oxygens (including phenoxy) is 2. The first-order valence-corrected chi connectivity index (χ1v) is 10.8. The van der Waals surface area contributed by atoms with E-state index in [0.29, 0.717) is 25.5 Å². The highest BCUT2D eigenvalue weighted by molar-refractivity contribution is 5.93. The van der Waals surface area contributed by atoms with Gasteiger partial charge in [0, 0.05) is 31.3 Å². The number of aromatic nitrogens is 1. The van der Waals surface area contributed by atoms with E-state index in [0.717, 1.165) is 35.5 Å². The number of morpholine rings is 1. The van der Waals surface area contributed by atoms with Gasteiger partial charge in [0.15, 0.2) is 11.5 Å². The first kappa shape index (κ1) is 22.0. The summed E-state index contributed by atoms with van der Waals surface area (Å²) in [5.41, 5.74) is 4.67. The maximum atomic E-state index is 12.8. The molecule has 4 rings (SSSR count). The molecule has 2 aromatic carbocycles. The summed E-state index contributed by atoms with van der Waals surface area (Å²) in [5, 5.41) is 7.03. The first-order valence-electron chi connectivity index (χ1n) is 10.8. The van der Waals surface area contributed by atoms with Crippen LogP contribution >= 0.6 is 0 Å². The predicted molar refractivity (Wildman–Crippen MR) is 122 cm³/mol. The van der Waals surface area contributed by atoms with Gasteiger partial charge in [0.1, 0.15) is 5.75 Å². The van der Waals surface area contributed by atoms with Crippen LogP contribution in [0.25, 0.3) is 11.3 Å². The van der Waals surface area contributed by atoms with Gasteiger partial charge in [-0.25, -0.2) is 0 Å². The quantitative estimate of drug-likeness (QED) is 0.609. The molecule has 1 fully saturated rings. The van der Waals surface area contributed by atoms with Gasteiger partial charge < -0.3 is 19.3 Å². The molecule has 1 unspecified atom stereocenters. The fourth-order valence-electron chi connectivity index (χ4n) is 3.87. The Kier molecular flexibility index (Phi) is 6.87. The number of amides is 1. The zero-order chi connectivity index (χ0) is 22.5. The maximum Gasteiger partial charge on any atom is 0.273 e. The van der Waals surface area contributed by atoms with Crippen molar-refractivity contribution in [3.63, 3.8) is 0 Å². The average Bonchev–Trinajstić information content (AvgIpc) is 3.32. The molecule has 1 aromatic heterocycles. The third-order valence-electron chi connectivity index (χ3n) is 5.98. The van der Waals surface area contributed by atoms with E-state index in [4.69, 9.17) is 14.0 Å². The molecule has 168 valence electrons. The average molecular weight is 436 g/mol. The molecule has 0 bridgehead atoms. The van der Waals surface area contributed by atoms with Gasteiger partial charge in [-0.1, -0.05) is 29.4 Å². The molecule has 0 spiro atoms. The highest BCUT2D eigenvalue weighted by Crippen LogP contribution is 2.25. The van der Waals surface area contributed by atoms with E-state index in [1.54, 1.807) is 13.2 Å². The molecule has 32 heavy (non-hydrogen) atoms. The van der Waals surface area contributed by atoms with Crippen LogP contribution in [0.5, 0.6) is 5.75 Å². The van der Waals surface area contributed by atoms with E-state index in [9.17, 15) is 4.79 Å². The number of nitrogens with one attached hydrogen (secondary N) is 1. The second-order valence-electron chi connectivity index (χ2n) is 8.02. The minimum atomic E-state index is -0.254. The van der Waals surface area contributed by atoms with Crippen LogP contribution in [0.15, 0.2) is 53.1 Å². The molecule has 7 heteroatoms. The minimum Gasteiger partial charge on any atom is -0.497 e. The van der Waals surface area contributed by atoms with E-state index in [1.807, 2.05) is 49.4 Å². The summed E-state index contributed by atoms with van der Waals surface area (Å²) in [6, 6.07) is 15.7. The van der Waals surface area contributed by atoms with Crippen LogP contribution in [0.3, 0.4) is 0 Å². The molecule has 1 aliphatic heterocycles. The number of carbonyl (C=O) groups is 1. The Hall–Kier alpha value is -3.16. The van der Waals surface area contributed by atoms with Crippen molar-refractivity contribution in [3.8, 4) is 17.1 Å². The lowest BCUT2D eigenvalue weighted by Crippen LogP contribution is -2.43. The normalized spacial score (nSPS) is 15.3. The van der Waals surface area contributed by atoms with E-state index >= 15 is 0 Å². The first-order chi connectivity index (χ1) is 15.5. The van der Waals surface area contributed by atoms with E-state index in [2.05, 4.69) is 22.3 Å². The maximum absolute atomic E-state index is 12.8. The Morgan fingerprint density at radius 3 is 2.53 bits per heavy atom. The van der Waals surface area contributed by atoms with Crippen LogP contribution in [0, 0.1) is 13.8 Å². The number of rotatable bonds is 7. The lowest BCUT2D eigenvalue weighted by molar-refractivity contribution is 0.0162. The summed E-state index contributed by atoms with van der Waals surface area (Å²) >= 11 is 0. The van der Waals surface area contributed by atoms with Gasteiger partial charge in [0.05, 0.1) is 26.4 Å². The zero-order valence-electron chi connectivity index (χ0n) is 18.8. The number of hydrogen-bond acceptors (Lipinski definition) is 6. The summed E-state index contributed by atoms with van der Waals surface area (Å²) in [6.45, 7) is 7.56. The zero-order valence-corrected chi connectivity index (χ0v) is 18.8. The lowest BCUT2D eigenvalue weighted by Gasteiger charge is -2.34. The molecule has 1 aliphatic rings. The predicted octanol–water partition coefficient (Wildman–Crippen LogP) is 3.77. The van der Waals surface area contributed by atoms with Crippen LogP contribution in [0.1, 0.15) is 33.2 Å². The molecule has 0 aliphatic carbocycles. The van der Waals surface area contributed by atoms with Crippen molar-refractivity contribution in [1.29, 1.82) is 0 Å². The van der Waals surface area contributed by atoms with E-state index < -0.39 is 0 Å². The summed E-state index contributed by atoms with van der Waals surface area (Å²) in [7, 11) is 1.65. The standard InChI is InChI=1S/C25H29N3O4/c1-17-4-5-20(14-18(17)2)24-15-22(27-32-24)25(29)26-16-23(28-10-12-31-13-11-28)19-6-8-21(30-3)9-7-19/h4-9,14-15,23H,10-13,16H2,1-3H3,(H,26,29). The molecule has 1 saturated heterocycles. The minimum absolute atomic E-state index is 0.0277. The third kappa shape index (κ3) is 5.00. The van der Waals surface area contributed by atoms with Gasteiger partial charge in [-0.3, -0.25) is 9.69 Å². The summed E-state index contributed by atoms with van der Waals surface area (Å²) in [5.74, 6) is 1.13. The van der Waals surface area contributed by atoms with Crippen molar-refractivity contribution in [2.24, 2.45) is 0 Å². The van der Waals surface area contributed by atoms with E-state index in [-0.39, 0.29) is 17.6 Å². The summed E-state index contributed by atoms with van der Waals surface area (Å²) in [4.78, 5) is 15.2. The van der Waals surface area contributed by atoms with Crippen molar-refractivity contribution in [3.05, 3.63) is 70.9 Å². The van der Waals surface area contributed by atoms with Crippen molar-refractivity contribution in [1.82, 2.24) is 15.4 Å². The van der Waals surface area contributed by atoms with Gasteiger partial charge in [0.25, 0.3) is 5.91 Å². The Morgan fingerprint density at radius 2 is 1.84 bits per heavy atom. The van der Waals surface area contributed by atoms with Crippen molar-refractivity contribution in [2.45, 2.75) is 19.9 Å². The Bertz CT molecular complexity index is 1060.